The number of anilines is 1. The van der Waals surface area contributed by atoms with Crippen LogP contribution in [0.2, 0.25) is 0 Å². The number of aromatic amines is 2. The predicted octanol–water partition coefficient (Wildman–Crippen LogP) is 2.97. The van der Waals surface area contributed by atoms with Crippen LogP contribution in [0.4, 0.5) is 10.3 Å². The lowest BCUT2D eigenvalue weighted by molar-refractivity contribution is -0.0869. The van der Waals surface area contributed by atoms with Gasteiger partial charge in [-0.2, -0.15) is 5.10 Å². The molecule has 4 aromatic rings. The fourth-order valence-electron chi connectivity index (χ4n) is 3.05. The van der Waals surface area contributed by atoms with E-state index in [1.807, 2.05) is 13.8 Å². The van der Waals surface area contributed by atoms with E-state index in [0.29, 0.717) is 34.8 Å². The molecule has 0 bridgehead atoms. The summed E-state index contributed by atoms with van der Waals surface area (Å²) in [5, 5.41) is 19.5. The van der Waals surface area contributed by atoms with Crippen LogP contribution in [0.15, 0.2) is 41.2 Å². The standard InChI is InChI=1S/C20H20FN5O3/c1-10(2)9-29-20(28)24-19-22-14-7-6-11(8-15(14)23-19)17-16-12(18(27)26-25-17)4-3-5-13(16)21/h3-8,10,20,28H,9H2,1-2H3,(H,26,27)(H2,22,23,24). The third kappa shape index (κ3) is 3.82. The molecule has 0 radical (unpaired) electrons. The SMILES string of the molecule is CC(C)COC(O)Nc1nc2ccc(-c3n[nH]c(=O)c4cccc(F)c34)cc2[nH]1. The van der Waals surface area contributed by atoms with Gasteiger partial charge in [0.25, 0.3) is 5.56 Å². The summed E-state index contributed by atoms with van der Waals surface area (Å²) >= 11 is 0. The van der Waals surface area contributed by atoms with E-state index >= 15 is 0 Å². The molecule has 0 fully saturated rings. The number of nitrogens with zero attached hydrogens (tertiary/aromatic N) is 2. The number of aliphatic hydroxyl groups excluding tert-OH is 1. The van der Waals surface area contributed by atoms with Gasteiger partial charge in [-0.15, -0.1) is 0 Å². The van der Waals surface area contributed by atoms with E-state index in [-0.39, 0.29) is 16.7 Å². The molecule has 4 rings (SSSR count). The van der Waals surface area contributed by atoms with Crippen molar-refractivity contribution >= 4 is 27.8 Å². The smallest absolute Gasteiger partial charge is 0.272 e. The molecule has 4 N–H and O–H groups in total. The van der Waals surface area contributed by atoms with Crippen molar-refractivity contribution in [2.45, 2.75) is 20.3 Å². The van der Waals surface area contributed by atoms with Crippen molar-refractivity contribution in [3.05, 3.63) is 52.6 Å². The average molecular weight is 397 g/mol. The third-order valence-corrected chi connectivity index (χ3v) is 4.37. The molecule has 29 heavy (non-hydrogen) atoms. The quantitative estimate of drug-likeness (QED) is 0.372. The van der Waals surface area contributed by atoms with Crippen molar-refractivity contribution < 1.29 is 14.2 Å². The molecule has 2 aromatic heterocycles. The first kappa shape index (κ1) is 19.0. The average Bonchev–Trinajstić information content (AvgIpc) is 3.08. The number of aromatic nitrogens is 4. The summed E-state index contributed by atoms with van der Waals surface area (Å²) in [6.07, 6.45) is -1.20. The minimum atomic E-state index is -1.20. The topological polar surface area (TPSA) is 116 Å². The van der Waals surface area contributed by atoms with Crippen LogP contribution < -0.4 is 10.9 Å². The lowest BCUT2D eigenvalue weighted by atomic mass is 10.0. The van der Waals surface area contributed by atoms with E-state index in [9.17, 15) is 14.3 Å². The van der Waals surface area contributed by atoms with E-state index in [2.05, 4.69) is 25.5 Å². The number of hydrogen-bond donors (Lipinski definition) is 4. The van der Waals surface area contributed by atoms with Crippen LogP contribution in [0, 0.1) is 11.7 Å². The number of benzene rings is 2. The van der Waals surface area contributed by atoms with Gasteiger partial charge in [-0.05, 0) is 30.2 Å². The molecule has 1 unspecified atom stereocenters. The maximum atomic E-state index is 14.4. The summed E-state index contributed by atoms with van der Waals surface area (Å²) in [6, 6.07) is 9.57. The summed E-state index contributed by atoms with van der Waals surface area (Å²) in [5.41, 5.74) is 1.77. The summed E-state index contributed by atoms with van der Waals surface area (Å²) in [5.74, 6) is 0.0946. The second-order valence-corrected chi connectivity index (χ2v) is 7.10. The number of fused-ring (bicyclic) bond motifs is 2. The Morgan fingerprint density at radius 1 is 1.28 bits per heavy atom. The fraction of sp³-hybridized carbons (Fsp3) is 0.250. The Hall–Kier alpha value is -3.30. The Balaban J connectivity index is 1.69. The zero-order valence-electron chi connectivity index (χ0n) is 15.9. The molecule has 8 nitrogen and oxygen atoms in total. The van der Waals surface area contributed by atoms with E-state index < -0.39 is 17.8 Å². The van der Waals surface area contributed by atoms with E-state index in [0.717, 1.165) is 0 Å². The first-order valence-corrected chi connectivity index (χ1v) is 9.15. The third-order valence-electron chi connectivity index (χ3n) is 4.37. The van der Waals surface area contributed by atoms with Crippen LogP contribution in [-0.4, -0.2) is 38.3 Å². The first-order chi connectivity index (χ1) is 13.9. The van der Waals surface area contributed by atoms with Gasteiger partial charge >= 0.3 is 0 Å². The Morgan fingerprint density at radius 3 is 2.90 bits per heavy atom. The lowest BCUT2D eigenvalue weighted by Gasteiger charge is -2.14. The highest BCUT2D eigenvalue weighted by molar-refractivity contribution is 5.96. The van der Waals surface area contributed by atoms with Gasteiger partial charge in [0.05, 0.1) is 28.4 Å². The molecular formula is C20H20FN5O3. The summed E-state index contributed by atoms with van der Waals surface area (Å²) in [4.78, 5) is 19.4. The van der Waals surface area contributed by atoms with E-state index in [1.165, 1.54) is 12.1 Å². The molecule has 2 heterocycles. The fourth-order valence-corrected chi connectivity index (χ4v) is 3.05. The van der Waals surface area contributed by atoms with Gasteiger partial charge < -0.3 is 20.1 Å². The van der Waals surface area contributed by atoms with Gasteiger partial charge in [0.2, 0.25) is 12.4 Å². The molecule has 0 aliphatic heterocycles. The molecule has 2 aromatic carbocycles. The number of hydrogen-bond acceptors (Lipinski definition) is 6. The van der Waals surface area contributed by atoms with Crippen LogP contribution >= 0.6 is 0 Å². The molecule has 0 aliphatic carbocycles. The Labute approximate surface area is 164 Å². The number of rotatable bonds is 6. The highest BCUT2D eigenvalue weighted by atomic mass is 19.1. The highest BCUT2D eigenvalue weighted by Gasteiger charge is 2.15. The zero-order valence-corrected chi connectivity index (χ0v) is 15.9. The van der Waals surface area contributed by atoms with Crippen LogP contribution in [0.3, 0.4) is 0 Å². The van der Waals surface area contributed by atoms with Gasteiger partial charge in [0.1, 0.15) is 11.5 Å². The summed E-state index contributed by atoms with van der Waals surface area (Å²) in [7, 11) is 0. The van der Waals surface area contributed by atoms with Gasteiger partial charge in [0.15, 0.2) is 0 Å². The van der Waals surface area contributed by atoms with Crippen molar-refractivity contribution in [1.82, 2.24) is 20.2 Å². The summed E-state index contributed by atoms with van der Waals surface area (Å²) < 4.78 is 19.7. The molecule has 150 valence electrons. The van der Waals surface area contributed by atoms with Crippen molar-refractivity contribution in [3.8, 4) is 11.3 Å². The maximum absolute atomic E-state index is 14.4. The van der Waals surface area contributed by atoms with Gasteiger partial charge in [-0.25, -0.2) is 14.5 Å². The first-order valence-electron chi connectivity index (χ1n) is 9.15. The van der Waals surface area contributed by atoms with Crippen LogP contribution in [0.1, 0.15) is 13.8 Å². The largest absolute Gasteiger partial charge is 0.351 e. The zero-order chi connectivity index (χ0) is 20.5. The molecule has 0 amide bonds. The van der Waals surface area contributed by atoms with E-state index in [1.54, 1.807) is 24.3 Å². The maximum Gasteiger partial charge on any atom is 0.272 e. The minimum Gasteiger partial charge on any atom is -0.351 e. The van der Waals surface area contributed by atoms with Crippen molar-refractivity contribution in [3.63, 3.8) is 0 Å². The molecule has 0 aliphatic rings. The van der Waals surface area contributed by atoms with Crippen molar-refractivity contribution in [2.24, 2.45) is 5.92 Å². The lowest BCUT2D eigenvalue weighted by Crippen LogP contribution is -2.24. The summed E-state index contributed by atoms with van der Waals surface area (Å²) in [6.45, 7) is 4.36. The Morgan fingerprint density at radius 2 is 2.10 bits per heavy atom. The number of nitrogens with one attached hydrogen (secondary N) is 3. The molecule has 1 atom stereocenters. The number of ether oxygens (including phenoxy) is 1. The van der Waals surface area contributed by atoms with Crippen LogP contribution in [0.25, 0.3) is 33.1 Å². The Bertz CT molecular complexity index is 1230. The van der Waals surface area contributed by atoms with Gasteiger partial charge in [-0.1, -0.05) is 26.0 Å². The normalized spacial score (nSPS) is 12.7. The minimum absolute atomic E-state index is 0.158. The molecule has 0 saturated heterocycles. The van der Waals surface area contributed by atoms with Gasteiger partial charge in [-0.3, -0.25) is 4.79 Å². The molecule has 9 heteroatoms. The molecular weight excluding hydrogens is 377 g/mol. The molecule has 0 spiro atoms. The van der Waals surface area contributed by atoms with Crippen molar-refractivity contribution in [2.75, 3.05) is 11.9 Å². The van der Waals surface area contributed by atoms with Crippen LogP contribution in [-0.2, 0) is 4.74 Å². The number of imidazole rings is 1. The van der Waals surface area contributed by atoms with Gasteiger partial charge in [0, 0.05) is 5.56 Å². The van der Waals surface area contributed by atoms with Crippen LogP contribution in [0.5, 0.6) is 0 Å². The number of halogens is 1. The predicted molar refractivity (Wildman–Crippen MR) is 108 cm³/mol. The molecule has 0 saturated carbocycles. The van der Waals surface area contributed by atoms with E-state index in [4.69, 9.17) is 4.74 Å². The monoisotopic (exact) mass is 397 g/mol. The second-order valence-electron chi connectivity index (χ2n) is 7.10. The Kier molecular flexibility index (Phi) is 4.99. The highest BCUT2D eigenvalue weighted by Crippen LogP contribution is 2.29. The van der Waals surface area contributed by atoms with Crippen molar-refractivity contribution in [1.29, 1.82) is 0 Å². The number of H-pyrrole nitrogens is 2. The number of aliphatic hydroxyl groups is 1. The second kappa shape index (κ2) is 7.61.